The molecule has 0 bridgehead atoms. The Labute approximate surface area is 117 Å². The molecule has 0 radical (unpaired) electrons. The van der Waals surface area contributed by atoms with Crippen molar-refractivity contribution in [3.8, 4) is 0 Å². The third kappa shape index (κ3) is 3.01. The molecular weight excluding hydrogens is 234 g/mol. The van der Waals surface area contributed by atoms with Crippen LogP contribution in [-0.2, 0) is 12.8 Å². The van der Waals surface area contributed by atoms with E-state index in [2.05, 4.69) is 51.0 Å². The highest BCUT2D eigenvalue weighted by Crippen LogP contribution is 2.34. The molecule has 0 aliphatic heterocycles. The van der Waals surface area contributed by atoms with Crippen molar-refractivity contribution in [2.45, 2.75) is 39.2 Å². The average molecular weight is 261 g/mol. The molecule has 0 fully saturated rings. The van der Waals surface area contributed by atoms with Crippen molar-refractivity contribution in [2.75, 3.05) is 20.7 Å². The molecule has 2 atom stereocenters. The molecule has 1 aliphatic carbocycles. The highest BCUT2D eigenvalue weighted by molar-refractivity contribution is 5.36. The number of aliphatic hydroxyl groups excluding tert-OH is 1. The second kappa shape index (κ2) is 6.06. The van der Waals surface area contributed by atoms with Gasteiger partial charge in [0, 0.05) is 18.6 Å². The Kier molecular flexibility index (Phi) is 4.64. The van der Waals surface area contributed by atoms with Gasteiger partial charge in [0.2, 0.25) is 0 Å². The van der Waals surface area contributed by atoms with Crippen LogP contribution in [0.25, 0.3) is 0 Å². The van der Waals surface area contributed by atoms with Crippen molar-refractivity contribution in [1.29, 1.82) is 0 Å². The van der Waals surface area contributed by atoms with Crippen molar-refractivity contribution in [1.82, 2.24) is 4.90 Å². The normalized spacial score (nSPS) is 17.8. The summed E-state index contributed by atoms with van der Waals surface area (Å²) in [5.41, 5.74) is 4.40. The Hall–Kier alpha value is -0.860. The van der Waals surface area contributed by atoms with Crippen LogP contribution in [0.2, 0.25) is 0 Å². The Morgan fingerprint density at radius 1 is 1.16 bits per heavy atom. The molecule has 2 nitrogen and oxygen atoms in total. The van der Waals surface area contributed by atoms with Crippen molar-refractivity contribution in [3.63, 3.8) is 0 Å². The number of hydrogen-bond donors (Lipinski definition) is 1. The van der Waals surface area contributed by atoms with Gasteiger partial charge in [-0.15, -0.1) is 0 Å². The fraction of sp³-hybridized carbons (Fsp3) is 0.647. The fourth-order valence-electron chi connectivity index (χ4n) is 3.38. The molecule has 0 heterocycles. The summed E-state index contributed by atoms with van der Waals surface area (Å²) in [7, 11) is 4.23. The molecule has 0 saturated carbocycles. The molecule has 1 aromatic rings. The van der Waals surface area contributed by atoms with E-state index >= 15 is 0 Å². The topological polar surface area (TPSA) is 23.5 Å². The third-order valence-corrected chi connectivity index (χ3v) is 4.49. The fourth-order valence-corrected chi connectivity index (χ4v) is 3.38. The first-order valence-corrected chi connectivity index (χ1v) is 7.43. The molecule has 0 amide bonds. The zero-order valence-corrected chi connectivity index (χ0v) is 12.7. The first-order chi connectivity index (χ1) is 9.04. The number of rotatable bonds is 5. The van der Waals surface area contributed by atoms with Gasteiger partial charge in [-0.2, -0.15) is 0 Å². The zero-order chi connectivity index (χ0) is 14.0. The van der Waals surface area contributed by atoms with E-state index < -0.39 is 0 Å². The van der Waals surface area contributed by atoms with Gasteiger partial charge in [0.05, 0.1) is 0 Å². The minimum Gasteiger partial charge on any atom is -0.396 e. The number of aryl methyl sites for hydroxylation is 2. The summed E-state index contributed by atoms with van der Waals surface area (Å²) < 4.78 is 0. The minimum absolute atomic E-state index is 0.248. The first-order valence-electron chi connectivity index (χ1n) is 7.43. The van der Waals surface area contributed by atoms with E-state index in [-0.39, 0.29) is 12.5 Å². The van der Waals surface area contributed by atoms with E-state index in [0.29, 0.717) is 12.0 Å². The number of fused-ring (bicyclic) bond motifs is 1. The van der Waals surface area contributed by atoms with Gasteiger partial charge in [-0.3, -0.25) is 0 Å². The largest absolute Gasteiger partial charge is 0.396 e. The highest BCUT2D eigenvalue weighted by Gasteiger charge is 2.28. The predicted octanol–water partition coefficient (Wildman–Crippen LogP) is 3.04. The number of hydrogen-bond acceptors (Lipinski definition) is 2. The molecule has 106 valence electrons. The SMILES string of the molecule is CC(C)C(CO)C(c1ccc2c(c1)CCC2)N(C)C. The van der Waals surface area contributed by atoms with E-state index in [1.807, 2.05) is 0 Å². The van der Waals surface area contributed by atoms with Crippen LogP contribution >= 0.6 is 0 Å². The van der Waals surface area contributed by atoms with Gasteiger partial charge in [0.15, 0.2) is 0 Å². The maximum absolute atomic E-state index is 9.74. The molecule has 0 saturated heterocycles. The number of nitrogens with zero attached hydrogens (tertiary/aromatic N) is 1. The summed E-state index contributed by atoms with van der Waals surface area (Å²) in [4.78, 5) is 2.25. The van der Waals surface area contributed by atoms with Gasteiger partial charge < -0.3 is 10.0 Å². The van der Waals surface area contributed by atoms with Gasteiger partial charge >= 0.3 is 0 Å². The maximum Gasteiger partial charge on any atom is 0.0480 e. The maximum atomic E-state index is 9.74. The Bertz CT molecular complexity index is 425. The summed E-state index contributed by atoms with van der Waals surface area (Å²) in [5.74, 6) is 0.764. The summed E-state index contributed by atoms with van der Waals surface area (Å²) in [6.45, 7) is 4.65. The van der Waals surface area contributed by atoms with E-state index in [9.17, 15) is 5.11 Å². The molecule has 1 aliphatic rings. The van der Waals surface area contributed by atoms with Gasteiger partial charge in [0.25, 0.3) is 0 Å². The van der Waals surface area contributed by atoms with Crippen LogP contribution in [0.1, 0.15) is 43.0 Å². The highest BCUT2D eigenvalue weighted by atomic mass is 16.3. The van der Waals surface area contributed by atoms with E-state index in [4.69, 9.17) is 0 Å². The standard InChI is InChI=1S/C17H27NO/c1-12(2)16(11-19)17(18(3)4)15-9-8-13-6-5-7-14(13)10-15/h8-10,12,16-17,19H,5-7,11H2,1-4H3. The van der Waals surface area contributed by atoms with E-state index in [1.165, 1.54) is 36.0 Å². The second-order valence-corrected chi connectivity index (χ2v) is 6.38. The quantitative estimate of drug-likeness (QED) is 0.880. The summed E-state index contributed by atoms with van der Waals surface area (Å²) in [6, 6.07) is 7.23. The van der Waals surface area contributed by atoms with Gasteiger partial charge in [-0.1, -0.05) is 32.0 Å². The Morgan fingerprint density at radius 2 is 1.84 bits per heavy atom. The smallest absolute Gasteiger partial charge is 0.0480 e. The molecule has 0 spiro atoms. The summed E-state index contributed by atoms with van der Waals surface area (Å²) in [5, 5.41) is 9.74. The zero-order valence-electron chi connectivity index (χ0n) is 12.7. The lowest BCUT2D eigenvalue weighted by molar-refractivity contribution is 0.100. The van der Waals surface area contributed by atoms with Crippen molar-refractivity contribution in [2.24, 2.45) is 11.8 Å². The van der Waals surface area contributed by atoms with Crippen LogP contribution in [0.4, 0.5) is 0 Å². The molecule has 2 heteroatoms. The molecular formula is C17H27NO. The molecule has 19 heavy (non-hydrogen) atoms. The number of benzene rings is 1. The van der Waals surface area contributed by atoms with E-state index in [1.54, 1.807) is 0 Å². The molecule has 1 aromatic carbocycles. The first kappa shape index (κ1) is 14.5. The van der Waals surface area contributed by atoms with E-state index in [0.717, 1.165) is 0 Å². The summed E-state index contributed by atoms with van der Waals surface area (Å²) in [6.07, 6.45) is 3.74. The molecule has 2 unspecified atom stereocenters. The van der Waals surface area contributed by atoms with Gasteiger partial charge in [-0.25, -0.2) is 0 Å². The number of aliphatic hydroxyl groups is 1. The molecule has 1 N–H and O–H groups in total. The lowest BCUT2D eigenvalue weighted by atomic mass is 9.83. The van der Waals surface area contributed by atoms with Crippen LogP contribution < -0.4 is 0 Å². The second-order valence-electron chi connectivity index (χ2n) is 6.38. The van der Waals surface area contributed by atoms with Gasteiger partial charge in [-0.05, 0) is 56.0 Å². The Balaban J connectivity index is 2.33. The van der Waals surface area contributed by atoms with Crippen molar-refractivity contribution < 1.29 is 5.11 Å². The van der Waals surface area contributed by atoms with Crippen LogP contribution in [0, 0.1) is 11.8 Å². The average Bonchev–Trinajstić information content (AvgIpc) is 2.81. The third-order valence-electron chi connectivity index (χ3n) is 4.49. The van der Waals surface area contributed by atoms with Crippen molar-refractivity contribution >= 4 is 0 Å². The predicted molar refractivity (Wildman–Crippen MR) is 80.3 cm³/mol. The molecule has 2 rings (SSSR count). The Morgan fingerprint density at radius 3 is 2.42 bits per heavy atom. The van der Waals surface area contributed by atoms with Crippen LogP contribution in [-0.4, -0.2) is 30.7 Å². The monoisotopic (exact) mass is 261 g/mol. The minimum atomic E-state index is 0.248. The lowest BCUT2D eigenvalue weighted by Gasteiger charge is -2.34. The lowest BCUT2D eigenvalue weighted by Crippen LogP contribution is -2.32. The van der Waals surface area contributed by atoms with Crippen molar-refractivity contribution in [3.05, 3.63) is 34.9 Å². The molecule has 0 aromatic heterocycles. The van der Waals surface area contributed by atoms with Crippen LogP contribution in [0.3, 0.4) is 0 Å². The summed E-state index contributed by atoms with van der Waals surface area (Å²) >= 11 is 0. The van der Waals surface area contributed by atoms with Gasteiger partial charge in [0.1, 0.15) is 0 Å². The van der Waals surface area contributed by atoms with Crippen LogP contribution in [0.5, 0.6) is 0 Å². The van der Waals surface area contributed by atoms with Crippen LogP contribution in [0.15, 0.2) is 18.2 Å².